The van der Waals surface area contributed by atoms with Crippen LogP contribution in [0, 0.1) is 13.8 Å². The number of ether oxygens (including phenoxy) is 1. The van der Waals surface area contributed by atoms with Crippen molar-refractivity contribution in [1.82, 2.24) is 15.6 Å². The normalized spacial score (nSPS) is 11.1. The van der Waals surface area contributed by atoms with Crippen molar-refractivity contribution in [1.29, 1.82) is 0 Å². The Kier molecular flexibility index (Phi) is 11.0. The average molecular weight is 551 g/mol. The van der Waals surface area contributed by atoms with Gasteiger partial charge in [-0.05, 0) is 37.5 Å². The summed E-state index contributed by atoms with van der Waals surface area (Å²) in [4.78, 5) is 10.4. The Hall–Kier alpha value is -1.97. The van der Waals surface area contributed by atoms with Crippen LogP contribution < -0.4 is 10.6 Å². The monoisotopic (exact) mass is 550 g/mol. The molecule has 0 spiro atoms. The van der Waals surface area contributed by atoms with Gasteiger partial charge in [0, 0.05) is 11.4 Å². The third-order valence-corrected chi connectivity index (χ3v) is 5.66. The molecule has 1 heterocycles. The maximum Gasteiger partial charge on any atom is 0.191 e. The van der Waals surface area contributed by atoms with E-state index < -0.39 is 0 Å². The van der Waals surface area contributed by atoms with Gasteiger partial charge in [-0.1, -0.05) is 54.6 Å². The molecule has 0 amide bonds. The maximum absolute atomic E-state index is 5.81. The summed E-state index contributed by atoms with van der Waals surface area (Å²) in [5.41, 5.74) is 4.62. The Morgan fingerprint density at radius 3 is 2.19 bits per heavy atom. The van der Waals surface area contributed by atoms with Gasteiger partial charge in [-0.2, -0.15) is 0 Å². The van der Waals surface area contributed by atoms with E-state index in [1.54, 1.807) is 11.3 Å². The predicted octanol–water partition coefficient (Wildman–Crippen LogP) is 5.35. The zero-order chi connectivity index (χ0) is 21.2. The number of rotatable bonds is 9. The molecular weight excluding hydrogens is 519 g/mol. The molecular formula is C24H31IN4OS. The molecule has 0 fully saturated rings. The molecule has 166 valence electrons. The Bertz CT molecular complexity index is 942. The molecule has 5 nitrogen and oxygen atoms in total. The quantitative estimate of drug-likeness (QED) is 0.214. The number of thiazole rings is 1. The van der Waals surface area contributed by atoms with Crippen LogP contribution in [-0.2, 0) is 31.0 Å². The van der Waals surface area contributed by atoms with Crippen molar-refractivity contribution in [3.05, 3.63) is 86.9 Å². The molecule has 3 aromatic rings. The number of hydrogen-bond donors (Lipinski definition) is 2. The van der Waals surface area contributed by atoms with Gasteiger partial charge in [-0.15, -0.1) is 35.3 Å². The summed E-state index contributed by atoms with van der Waals surface area (Å²) >= 11 is 1.73. The highest BCUT2D eigenvalue weighted by atomic mass is 127. The lowest BCUT2D eigenvalue weighted by Gasteiger charge is -2.11. The van der Waals surface area contributed by atoms with Crippen molar-refractivity contribution in [2.75, 3.05) is 6.54 Å². The first-order chi connectivity index (χ1) is 14.6. The molecule has 0 aliphatic heterocycles. The second-order valence-electron chi connectivity index (χ2n) is 7.09. The summed E-state index contributed by atoms with van der Waals surface area (Å²) in [7, 11) is 0. The molecule has 0 radical (unpaired) electrons. The van der Waals surface area contributed by atoms with Crippen LogP contribution in [0.3, 0.4) is 0 Å². The first-order valence-corrected chi connectivity index (χ1v) is 11.1. The average Bonchev–Trinajstić information content (AvgIpc) is 3.08. The predicted molar refractivity (Wildman–Crippen MR) is 140 cm³/mol. The highest BCUT2D eigenvalue weighted by Gasteiger charge is 2.06. The third kappa shape index (κ3) is 8.59. The summed E-state index contributed by atoms with van der Waals surface area (Å²) in [6, 6.07) is 18.7. The smallest absolute Gasteiger partial charge is 0.191 e. The number of guanidine groups is 1. The van der Waals surface area contributed by atoms with Crippen LogP contribution in [0.15, 0.2) is 59.6 Å². The molecule has 2 aromatic carbocycles. The lowest BCUT2D eigenvalue weighted by atomic mass is 10.1. The van der Waals surface area contributed by atoms with Crippen LogP contribution in [0.2, 0.25) is 0 Å². The van der Waals surface area contributed by atoms with E-state index in [2.05, 4.69) is 65.9 Å². The van der Waals surface area contributed by atoms with Gasteiger partial charge in [0.2, 0.25) is 0 Å². The molecule has 0 aliphatic carbocycles. The summed E-state index contributed by atoms with van der Waals surface area (Å²) in [5, 5.41) is 7.81. The van der Waals surface area contributed by atoms with E-state index in [4.69, 9.17) is 9.73 Å². The Morgan fingerprint density at radius 2 is 1.58 bits per heavy atom. The summed E-state index contributed by atoms with van der Waals surface area (Å²) < 4.78 is 5.81. The SMILES string of the molecule is CCNC(=NCc1ccc(COCc2ccccc2)cc1)NCc1sc(C)nc1C.I. The second kappa shape index (κ2) is 13.4. The van der Waals surface area contributed by atoms with Crippen LogP contribution in [0.5, 0.6) is 0 Å². The van der Waals surface area contributed by atoms with Gasteiger partial charge in [0.05, 0.1) is 37.0 Å². The van der Waals surface area contributed by atoms with Crippen molar-refractivity contribution in [2.24, 2.45) is 4.99 Å². The van der Waals surface area contributed by atoms with Crippen LogP contribution >= 0.6 is 35.3 Å². The summed E-state index contributed by atoms with van der Waals surface area (Å²) in [5.74, 6) is 0.818. The van der Waals surface area contributed by atoms with E-state index in [-0.39, 0.29) is 24.0 Å². The molecule has 2 N–H and O–H groups in total. The van der Waals surface area contributed by atoms with Crippen molar-refractivity contribution in [2.45, 2.75) is 47.1 Å². The minimum Gasteiger partial charge on any atom is -0.372 e. The molecule has 1 aromatic heterocycles. The van der Waals surface area contributed by atoms with E-state index in [1.165, 1.54) is 21.6 Å². The van der Waals surface area contributed by atoms with Crippen molar-refractivity contribution >= 4 is 41.3 Å². The molecule has 0 unspecified atom stereocenters. The molecule has 3 rings (SSSR count). The largest absolute Gasteiger partial charge is 0.372 e. The van der Waals surface area contributed by atoms with Crippen LogP contribution in [0.25, 0.3) is 0 Å². The number of nitrogens with zero attached hydrogens (tertiary/aromatic N) is 2. The molecule has 0 aliphatic rings. The number of benzene rings is 2. The highest BCUT2D eigenvalue weighted by molar-refractivity contribution is 14.0. The van der Waals surface area contributed by atoms with Crippen LogP contribution in [0.4, 0.5) is 0 Å². The van der Waals surface area contributed by atoms with Gasteiger partial charge < -0.3 is 15.4 Å². The summed E-state index contributed by atoms with van der Waals surface area (Å²) in [6.45, 7) is 9.59. The lowest BCUT2D eigenvalue weighted by Crippen LogP contribution is -2.36. The Balaban J connectivity index is 0.00000341. The van der Waals surface area contributed by atoms with Gasteiger partial charge in [-0.25, -0.2) is 9.98 Å². The first kappa shape index (κ1) is 25.3. The minimum absolute atomic E-state index is 0. The number of halogens is 1. The molecule has 0 saturated heterocycles. The Labute approximate surface area is 206 Å². The standard InChI is InChI=1S/C24H30N4OS.HI/c1-4-25-24(27-15-23-18(2)28-19(3)30-23)26-14-20-10-12-22(13-11-20)17-29-16-21-8-6-5-7-9-21;/h5-13H,4,14-17H2,1-3H3,(H2,25,26,27);1H. The molecule has 0 saturated carbocycles. The van der Waals surface area contributed by atoms with E-state index in [0.29, 0.717) is 19.8 Å². The van der Waals surface area contributed by atoms with E-state index >= 15 is 0 Å². The first-order valence-electron chi connectivity index (χ1n) is 10.3. The van der Waals surface area contributed by atoms with Gasteiger partial charge >= 0.3 is 0 Å². The molecule has 7 heteroatoms. The number of aryl methyl sites for hydroxylation is 2. The minimum atomic E-state index is 0. The Morgan fingerprint density at radius 1 is 0.935 bits per heavy atom. The van der Waals surface area contributed by atoms with Gasteiger partial charge in [0.15, 0.2) is 5.96 Å². The number of aliphatic imine (C=N–C) groups is 1. The van der Waals surface area contributed by atoms with Crippen molar-refractivity contribution in [3.63, 3.8) is 0 Å². The zero-order valence-corrected chi connectivity index (χ0v) is 21.5. The fraction of sp³-hybridized carbons (Fsp3) is 0.333. The van der Waals surface area contributed by atoms with Gasteiger partial charge in [-0.3, -0.25) is 0 Å². The van der Waals surface area contributed by atoms with Crippen molar-refractivity contribution in [3.8, 4) is 0 Å². The van der Waals surface area contributed by atoms with E-state index in [0.717, 1.165) is 29.8 Å². The molecule has 0 atom stereocenters. The number of hydrogen-bond acceptors (Lipinski definition) is 4. The molecule has 31 heavy (non-hydrogen) atoms. The number of aromatic nitrogens is 1. The van der Waals surface area contributed by atoms with E-state index in [9.17, 15) is 0 Å². The van der Waals surface area contributed by atoms with Crippen molar-refractivity contribution < 1.29 is 4.74 Å². The second-order valence-corrected chi connectivity index (χ2v) is 8.37. The number of nitrogens with one attached hydrogen (secondary N) is 2. The molecule has 0 bridgehead atoms. The maximum atomic E-state index is 5.81. The van der Waals surface area contributed by atoms with Crippen LogP contribution in [-0.4, -0.2) is 17.5 Å². The zero-order valence-electron chi connectivity index (χ0n) is 18.4. The van der Waals surface area contributed by atoms with Crippen LogP contribution in [0.1, 0.15) is 39.2 Å². The third-order valence-electron chi connectivity index (χ3n) is 4.58. The topological polar surface area (TPSA) is 58.5 Å². The van der Waals surface area contributed by atoms with E-state index in [1.807, 2.05) is 25.1 Å². The fourth-order valence-corrected chi connectivity index (χ4v) is 3.89. The fourth-order valence-electron chi connectivity index (χ4n) is 3.02. The van der Waals surface area contributed by atoms with Gasteiger partial charge in [0.1, 0.15) is 0 Å². The van der Waals surface area contributed by atoms with Gasteiger partial charge in [0.25, 0.3) is 0 Å². The summed E-state index contributed by atoms with van der Waals surface area (Å²) in [6.07, 6.45) is 0. The lowest BCUT2D eigenvalue weighted by molar-refractivity contribution is 0.107. The highest BCUT2D eigenvalue weighted by Crippen LogP contribution is 2.16.